The van der Waals surface area contributed by atoms with Crippen LogP contribution in [0, 0.1) is 0 Å². The van der Waals surface area contributed by atoms with Crippen molar-refractivity contribution in [2.24, 2.45) is 5.14 Å². The number of piperidine rings is 1. The zero-order valence-corrected chi connectivity index (χ0v) is 14.9. The fourth-order valence-corrected chi connectivity index (χ4v) is 5.13. The highest BCUT2D eigenvalue weighted by molar-refractivity contribution is 7.89. The molecule has 0 aliphatic carbocycles. The predicted octanol–water partition coefficient (Wildman–Crippen LogP) is 0.890. The molecular weight excluding hydrogens is 318 g/mol. The van der Waals surface area contributed by atoms with Crippen molar-refractivity contribution in [3.63, 3.8) is 0 Å². The van der Waals surface area contributed by atoms with Crippen molar-refractivity contribution in [2.45, 2.75) is 75.4 Å². The Kier molecular flexibility index (Phi) is 4.13. The van der Waals surface area contributed by atoms with Crippen LogP contribution in [0.2, 0.25) is 0 Å². The van der Waals surface area contributed by atoms with Gasteiger partial charge in [0.15, 0.2) is 0 Å². The van der Waals surface area contributed by atoms with Crippen LogP contribution in [0.3, 0.4) is 0 Å². The van der Waals surface area contributed by atoms with E-state index >= 15 is 0 Å². The lowest BCUT2D eigenvalue weighted by atomic mass is 9.96. The lowest BCUT2D eigenvalue weighted by Gasteiger charge is -2.50. The van der Waals surface area contributed by atoms with E-state index in [9.17, 15) is 13.2 Å². The van der Waals surface area contributed by atoms with Crippen LogP contribution in [0.5, 0.6) is 0 Å². The number of hydrogen-bond donors (Lipinski definition) is 1. The molecule has 2 bridgehead atoms. The Morgan fingerprint density at radius 1 is 1.09 bits per heavy atom. The number of likely N-dealkylation sites (tertiary alicyclic amines) is 1. The monoisotopic (exact) mass is 345 g/mol. The van der Waals surface area contributed by atoms with Gasteiger partial charge in [-0.1, -0.05) is 0 Å². The van der Waals surface area contributed by atoms with Crippen LogP contribution in [0.25, 0.3) is 0 Å². The molecule has 3 aliphatic rings. The van der Waals surface area contributed by atoms with Gasteiger partial charge < -0.3 is 9.64 Å². The van der Waals surface area contributed by atoms with Gasteiger partial charge in [-0.15, -0.1) is 0 Å². The van der Waals surface area contributed by atoms with Crippen molar-refractivity contribution in [3.05, 3.63) is 0 Å². The van der Waals surface area contributed by atoms with Crippen molar-refractivity contribution in [1.29, 1.82) is 0 Å². The van der Waals surface area contributed by atoms with Gasteiger partial charge in [0, 0.05) is 31.2 Å². The Morgan fingerprint density at radius 2 is 1.61 bits per heavy atom. The highest BCUT2D eigenvalue weighted by Crippen LogP contribution is 2.40. The van der Waals surface area contributed by atoms with Gasteiger partial charge in [-0.3, -0.25) is 4.90 Å². The molecule has 3 atom stereocenters. The minimum atomic E-state index is -3.45. The molecule has 0 aromatic carbocycles. The summed E-state index contributed by atoms with van der Waals surface area (Å²) < 4.78 is 28.6. The van der Waals surface area contributed by atoms with Crippen LogP contribution < -0.4 is 5.14 Å². The van der Waals surface area contributed by atoms with E-state index < -0.39 is 20.9 Å². The highest BCUT2D eigenvalue weighted by Gasteiger charge is 2.50. The number of nitrogens with zero attached hydrogens (tertiary/aromatic N) is 2. The largest absolute Gasteiger partial charge is 0.444 e. The van der Waals surface area contributed by atoms with Gasteiger partial charge in [-0.2, -0.15) is 0 Å². The molecule has 1 amide bonds. The molecule has 0 spiro atoms. The molecule has 0 aromatic rings. The van der Waals surface area contributed by atoms with Gasteiger partial charge in [-0.25, -0.2) is 18.4 Å². The van der Waals surface area contributed by atoms with E-state index in [2.05, 4.69) is 4.90 Å². The number of carbonyl (C=O) groups is 1. The van der Waals surface area contributed by atoms with Crippen LogP contribution in [0.15, 0.2) is 0 Å². The summed E-state index contributed by atoms with van der Waals surface area (Å²) in [5.41, 5.74) is -0.477. The van der Waals surface area contributed by atoms with E-state index in [1.807, 2.05) is 20.8 Å². The number of amides is 1. The fraction of sp³-hybridized carbons (Fsp3) is 0.933. The fourth-order valence-electron chi connectivity index (χ4n) is 4.15. The first-order valence-corrected chi connectivity index (χ1v) is 9.92. The number of carbonyl (C=O) groups excluding carboxylic acids is 1. The van der Waals surface area contributed by atoms with E-state index in [0.717, 1.165) is 12.8 Å². The van der Waals surface area contributed by atoms with Crippen molar-refractivity contribution in [1.82, 2.24) is 9.80 Å². The summed E-state index contributed by atoms with van der Waals surface area (Å²) in [7, 11) is -3.45. The first-order chi connectivity index (χ1) is 10.5. The van der Waals surface area contributed by atoms with Gasteiger partial charge in [0.2, 0.25) is 10.0 Å². The third kappa shape index (κ3) is 3.49. The van der Waals surface area contributed by atoms with Gasteiger partial charge in [-0.05, 0) is 46.5 Å². The number of sulfonamides is 1. The third-order valence-corrected chi connectivity index (χ3v) is 6.46. The summed E-state index contributed by atoms with van der Waals surface area (Å²) in [6.07, 6.45) is 3.04. The van der Waals surface area contributed by atoms with E-state index in [-0.39, 0.29) is 18.2 Å². The van der Waals surface area contributed by atoms with Gasteiger partial charge in [0.05, 0.1) is 5.25 Å². The first kappa shape index (κ1) is 17.0. The quantitative estimate of drug-likeness (QED) is 0.802. The predicted molar refractivity (Wildman–Crippen MR) is 86.4 cm³/mol. The number of rotatable bonds is 2. The molecule has 0 unspecified atom stereocenters. The highest BCUT2D eigenvalue weighted by atomic mass is 32.2. The van der Waals surface area contributed by atoms with E-state index in [4.69, 9.17) is 9.88 Å². The number of nitrogens with two attached hydrogens (primary N) is 1. The Bertz CT molecular complexity index is 566. The maximum atomic E-state index is 12.0. The van der Waals surface area contributed by atoms with Crippen molar-refractivity contribution in [3.8, 4) is 0 Å². The van der Waals surface area contributed by atoms with Crippen LogP contribution >= 0.6 is 0 Å². The molecule has 8 heteroatoms. The summed E-state index contributed by atoms with van der Waals surface area (Å²) >= 11 is 0. The summed E-state index contributed by atoms with van der Waals surface area (Å²) in [5, 5.41) is 4.93. The third-order valence-electron chi connectivity index (χ3n) is 5.15. The average molecular weight is 345 g/mol. The molecule has 0 aromatic heterocycles. The average Bonchev–Trinajstić information content (AvgIpc) is 2.56. The van der Waals surface area contributed by atoms with Gasteiger partial charge in [0.25, 0.3) is 0 Å². The van der Waals surface area contributed by atoms with Gasteiger partial charge in [0.1, 0.15) is 5.60 Å². The molecule has 3 heterocycles. The zero-order valence-electron chi connectivity index (χ0n) is 14.1. The maximum absolute atomic E-state index is 12.0. The molecule has 23 heavy (non-hydrogen) atoms. The van der Waals surface area contributed by atoms with Crippen molar-refractivity contribution < 1.29 is 17.9 Å². The molecule has 3 aliphatic heterocycles. The Balaban J connectivity index is 1.56. The standard InChI is InChI=1S/C15H27N3O4S/c1-15(2,3)22-14(19)17-8-12(9-17)18-10-4-5-11(18)7-13(6-10)23(16,20)21/h10-13H,4-9H2,1-3H3,(H2,16,20,21)/t10-,11+,13-. The molecule has 7 nitrogen and oxygen atoms in total. The number of fused-ring (bicyclic) bond motifs is 2. The zero-order chi connectivity index (χ0) is 17.0. The number of hydrogen-bond acceptors (Lipinski definition) is 5. The molecule has 2 N–H and O–H groups in total. The maximum Gasteiger partial charge on any atom is 0.410 e. The summed E-state index contributed by atoms with van der Waals surface area (Å²) in [6, 6.07) is 0.882. The van der Waals surface area contributed by atoms with Crippen LogP contribution in [-0.4, -0.2) is 66.4 Å². The van der Waals surface area contributed by atoms with Crippen molar-refractivity contribution in [2.75, 3.05) is 13.1 Å². The molecule has 3 saturated heterocycles. The Hall–Kier alpha value is -0.860. The second-order valence-corrected chi connectivity index (χ2v) is 9.90. The lowest BCUT2D eigenvalue weighted by molar-refractivity contribution is -0.0339. The second kappa shape index (κ2) is 5.60. The normalized spacial score (nSPS) is 32.7. The van der Waals surface area contributed by atoms with E-state index in [1.54, 1.807) is 4.90 Å². The van der Waals surface area contributed by atoms with Crippen LogP contribution in [-0.2, 0) is 14.8 Å². The van der Waals surface area contributed by atoms with E-state index in [1.165, 1.54) is 0 Å². The minimum Gasteiger partial charge on any atom is -0.444 e. The second-order valence-electron chi connectivity index (χ2n) is 8.05. The molecule has 0 saturated carbocycles. The molecule has 3 rings (SSSR count). The molecular formula is C15H27N3O4S. The van der Waals surface area contributed by atoms with Crippen LogP contribution in [0.4, 0.5) is 4.79 Å². The summed E-state index contributed by atoms with van der Waals surface area (Å²) in [4.78, 5) is 16.2. The van der Waals surface area contributed by atoms with Crippen LogP contribution in [0.1, 0.15) is 46.5 Å². The molecule has 132 valence electrons. The summed E-state index contributed by atoms with van der Waals surface area (Å²) in [6.45, 7) is 6.92. The van der Waals surface area contributed by atoms with E-state index in [0.29, 0.717) is 32.0 Å². The SMILES string of the molecule is CC(C)(C)OC(=O)N1CC(N2[C@@H]3CC[C@H]2C[C@H](S(N)(=O)=O)C3)C1. The smallest absolute Gasteiger partial charge is 0.410 e. The van der Waals surface area contributed by atoms with Gasteiger partial charge >= 0.3 is 6.09 Å². The number of primary sulfonamides is 1. The Morgan fingerprint density at radius 3 is 2.04 bits per heavy atom. The number of ether oxygens (including phenoxy) is 1. The summed E-state index contributed by atoms with van der Waals surface area (Å²) in [5.74, 6) is 0. The minimum absolute atomic E-state index is 0.263. The Labute approximate surface area is 138 Å². The lowest BCUT2D eigenvalue weighted by Crippen LogP contribution is -2.65. The topological polar surface area (TPSA) is 92.9 Å². The molecule has 0 radical (unpaired) electrons. The first-order valence-electron chi connectivity index (χ1n) is 8.31. The van der Waals surface area contributed by atoms with Crippen molar-refractivity contribution >= 4 is 16.1 Å². The molecule has 3 fully saturated rings.